The molecule has 0 fully saturated rings. The Labute approximate surface area is 93.0 Å². The zero-order valence-electron chi connectivity index (χ0n) is 8.90. The average Bonchev–Trinajstić information content (AvgIpc) is 2.71. The molecule has 5 nitrogen and oxygen atoms in total. The summed E-state index contributed by atoms with van der Waals surface area (Å²) in [4.78, 5) is 23.4. The molecule has 1 aromatic carbocycles. The van der Waals surface area contributed by atoms with Crippen LogP contribution in [-0.4, -0.2) is 26.2 Å². The van der Waals surface area contributed by atoms with Crippen molar-refractivity contribution in [1.82, 2.24) is 0 Å². The van der Waals surface area contributed by atoms with Gasteiger partial charge in [-0.15, -0.1) is 0 Å². The van der Waals surface area contributed by atoms with Crippen molar-refractivity contribution in [3.63, 3.8) is 0 Å². The minimum Gasteiger partial charge on any atom is -0.453 e. The first-order chi connectivity index (χ1) is 7.74. The number of methoxy groups -OCH3 is 1. The van der Waals surface area contributed by atoms with Crippen LogP contribution in [-0.2, 0) is 16.0 Å². The van der Waals surface area contributed by atoms with Crippen LogP contribution in [0.25, 0.3) is 0 Å². The molecular formula is C11H12N2O3. The van der Waals surface area contributed by atoms with Gasteiger partial charge < -0.3 is 9.64 Å². The molecule has 0 spiro atoms. The van der Waals surface area contributed by atoms with E-state index in [0.717, 1.165) is 24.1 Å². The summed E-state index contributed by atoms with van der Waals surface area (Å²) in [6.07, 6.45) is 1.13. The molecule has 2 rings (SSSR count). The van der Waals surface area contributed by atoms with Crippen LogP contribution in [0.15, 0.2) is 18.2 Å². The fraction of sp³-hybridized carbons (Fsp3) is 0.273. The number of rotatable bonds is 2. The van der Waals surface area contributed by atoms with Crippen LogP contribution in [0.5, 0.6) is 0 Å². The lowest BCUT2D eigenvalue weighted by molar-refractivity contribution is -0.107. The summed E-state index contributed by atoms with van der Waals surface area (Å²) in [6, 6.07) is 5.43. The van der Waals surface area contributed by atoms with Crippen LogP contribution in [0, 0.1) is 0 Å². The van der Waals surface area contributed by atoms with E-state index in [1.54, 1.807) is 11.0 Å². The summed E-state index contributed by atoms with van der Waals surface area (Å²) in [7, 11) is 1.32. The largest absolute Gasteiger partial charge is 0.453 e. The second-order valence-electron chi connectivity index (χ2n) is 3.51. The second-order valence-corrected chi connectivity index (χ2v) is 3.51. The first-order valence-corrected chi connectivity index (χ1v) is 4.94. The average molecular weight is 220 g/mol. The van der Waals surface area contributed by atoms with Crippen molar-refractivity contribution in [1.29, 1.82) is 0 Å². The Morgan fingerprint density at radius 3 is 3.06 bits per heavy atom. The predicted molar refractivity (Wildman–Crippen MR) is 59.6 cm³/mol. The minimum absolute atomic E-state index is 0.495. The Morgan fingerprint density at radius 1 is 1.56 bits per heavy atom. The molecule has 5 heteroatoms. The Balaban J connectivity index is 2.21. The van der Waals surface area contributed by atoms with Crippen LogP contribution in [0.3, 0.4) is 0 Å². The van der Waals surface area contributed by atoms with Crippen LogP contribution < -0.4 is 10.2 Å². The highest BCUT2D eigenvalue weighted by molar-refractivity contribution is 5.87. The van der Waals surface area contributed by atoms with Crippen LogP contribution >= 0.6 is 0 Å². The number of amides is 2. The number of nitrogens with one attached hydrogen (secondary N) is 1. The lowest BCUT2D eigenvalue weighted by Gasteiger charge is -2.10. The number of carbonyl (C=O) groups excluding carboxylic acids is 2. The van der Waals surface area contributed by atoms with E-state index in [9.17, 15) is 9.59 Å². The molecule has 0 atom stereocenters. The number of nitrogens with zero attached hydrogens (tertiary/aromatic N) is 1. The fourth-order valence-corrected chi connectivity index (χ4v) is 1.78. The van der Waals surface area contributed by atoms with Gasteiger partial charge >= 0.3 is 6.09 Å². The molecule has 0 aliphatic carbocycles. The van der Waals surface area contributed by atoms with Gasteiger partial charge in [0.15, 0.2) is 0 Å². The number of hydrogen-bond acceptors (Lipinski definition) is 3. The first-order valence-electron chi connectivity index (χ1n) is 4.94. The molecule has 16 heavy (non-hydrogen) atoms. The van der Waals surface area contributed by atoms with Crippen molar-refractivity contribution >= 4 is 23.9 Å². The van der Waals surface area contributed by atoms with Gasteiger partial charge in [0.25, 0.3) is 0 Å². The van der Waals surface area contributed by atoms with Gasteiger partial charge in [-0.3, -0.25) is 10.1 Å². The molecule has 1 N–H and O–H groups in total. The number of fused-ring (bicyclic) bond motifs is 1. The van der Waals surface area contributed by atoms with E-state index in [1.807, 2.05) is 12.1 Å². The second kappa shape index (κ2) is 4.22. The molecule has 1 aliphatic heterocycles. The highest BCUT2D eigenvalue weighted by atomic mass is 16.5. The van der Waals surface area contributed by atoms with Crippen molar-refractivity contribution < 1.29 is 14.3 Å². The summed E-state index contributed by atoms with van der Waals surface area (Å²) in [5, 5.41) is 2.59. The molecule has 1 aromatic rings. The smallest absolute Gasteiger partial charge is 0.411 e. The zero-order valence-corrected chi connectivity index (χ0v) is 8.90. The Kier molecular flexibility index (Phi) is 2.76. The summed E-state index contributed by atoms with van der Waals surface area (Å²) >= 11 is 0. The van der Waals surface area contributed by atoms with Gasteiger partial charge in [0.1, 0.15) is 0 Å². The highest BCUT2D eigenvalue weighted by Crippen LogP contribution is 2.29. The molecule has 0 unspecified atom stereocenters. The van der Waals surface area contributed by atoms with Gasteiger partial charge in [0.05, 0.1) is 7.11 Å². The zero-order chi connectivity index (χ0) is 11.5. The molecule has 1 aliphatic rings. The summed E-state index contributed by atoms with van der Waals surface area (Å²) in [6.45, 7) is 0.695. The molecule has 0 bridgehead atoms. The van der Waals surface area contributed by atoms with Gasteiger partial charge in [-0.1, -0.05) is 0 Å². The van der Waals surface area contributed by atoms with Crippen molar-refractivity contribution in [3.8, 4) is 0 Å². The molecular weight excluding hydrogens is 208 g/mol. The van der Waals surface area contributed by atoms with Gasteiger partial charge in [-0.05, 0) is 30.2 Å². The van der Waals surface area contributed by atoms with E-state index in [1.165, 1.54) is 7.11 Å². The third-order valence-corrected chi connectivity index (χ3v) is 2.57. The molecule has 0 aromatic heterocycles. The van der Waals surface area contributed by atoms with Gasteiger partial charge in [0, 0.05) is 17.9 Å². The number of hydrogen-bond donors (Lipinski definition) is 1. The quantitative estimate of drug-likeness (QED) is 0.766. The number of ether oxygens (including phenoxy) is 1. The lowest BCUT2D eigenvalue weighted by Crippen LogP contribution is -2.17. The van der Waals surface area contributed by atoms with Gasteiger partial charge in [0.2, 0.25) is 6.41 Å². The molecule has 84 valence electrons. The minimum atomic E-state index is -0.495. The maximum absolute atomic E-state index is 11.0. The summed E-state index contributed by atoms with van der Waals surface area (Å²) in [5.74, 6) is 0. The summed E-state index contributed by atoms with van der Waals surface area (Å²) < 4.78 is 4.50. The Bertz CT molecular complexity index is 431. The van der Waals surface area contributed by atoms with E-state index in [0.29, 0.717) is 12.2 Å². The third kappa shape index (κ3) is 1.84. The molecule has 1 heterocycles. The van der Waals surface area contributed by atoms with Crippen molar-refractivity contribution in [3.05, 3.63) is 23.8 Å². The maximum Gasteiger partial charge on any atom is 0.411 e. The first kappa shape index (κ1) is 10.5. The maximum atomic E-state index is 11.0. The Hall–Kier alpha value is -2.04. The molecule has 0 radical (unpaired) electrons. The molecule has 0 saturated heterocycles. The highest BCUT2D eigenvalue weighted by Gasteiger charge is 2.18. The van der Waals surface area contributed by atoms with Crippen LogP contribution in [0.1, 0.15) is 5.56 Å². The van der Waals surface area contributed by atoms with Crippen molar-refractivity contribution in [2.75, 3.05) is 23.9 Å². The topological polar surface area (TPSA) is 58.6 Å². The third-order valence-electron chi connectivity index (χ3n) is 2.57. The van der Waals surface area contributed by atoms with E-state index in [2.05, 4.69) is 10.1 Å². The number of benzene rings is 1. The van der Waals surface area contributed by atoms with Crippen molar-refractivity contribution in [2.24, 2.45) is 0 Å². The molecule has 2 amide bonds. The number of anilines is 2. The predicted octanol–water partition coefficient (Wildman–Crippen LogP) is 1.38. The van der Waals surface area contributed by atoms with Crippen molar-refractivity contribution in [2.45, 2.75) is 6.42 Å². The lowest BCUT2D eigenvalue weighted by atomic mass is 10.1. The Morgan fingerprint density at radius 2 is 2.38 bits per heavy atom. The van der Waals surface area contributed by atoms with Gasteiger partial charge in [-0.2, -0.15) is 0 Å². The fourth-order valence-electron chi connectivity index (χ4n) is 1.78. The molecule has 0 saturated carbocycles. The SMILES string of the molecule is COC(=O)Nc1ccc2c(c1)CCN2C=O. The van der Waals surface area contributed by atoms with Crippen LogP contribution in [0.2, 0.25) is 0 Å². The van der Waals surface area contributed by atoms with E-state index in [-0.39, 0.29) is 0 Å². The van der Waals surface area contributed by atoms with Crippen LogP contribution in [0.4, 0.5) is 16.2 Å². The number of carbonyl (C=O) groups is 2. The summed E-state index contributed by atoms with van der Waals surface area (Å²) in [5.41, 5.74) is 2.64. The van der Waals surface area contributed by atoms with E-state index >= 15 is 0 Å². The normalized spacial score (nSPS) is 13.2. The monoisotopic (exact) mass is 220 g/mol. The van der Waals surface area contributed by atoms with Gasteiger partial charge in [-0.25, -0.2) is 4.79 Å². The standard InChI is InChI=1S/C11H12N2O3/c1-16-11(15)12-9-2-3-10-8(6-9)4-5-13(10)7-14/h2-3,6-7H,4-5H2,1H3,(H,12,15). The van der Waals surface area contributed by atoms with E-state index in [4.69, 9.17) is 0 Å². The van der Waals surface area contributed by atoms with E-state index < -0.39 is 6.09 Å².